The zero-order valence-electron chi connectivity index (χ0n) is 5.01. The summed E-state index contributed by atoms with van der Waals surface area (Å²) in [7, 11) is 0. The zero-order valence-corrected chi connectivity index (χ0v) is 6.60. The zero-order chi connectivity index (χ0) is 6.85. The van der Waals surface area contributed by atoms with Crippen LogP contribution in [0.4, 0.5) is 0 Å². The van der Waals surface area contributed by atoms with Crippen LogP contribution < -0.4 is 0 Å². The molecule has 2 atom stereocenters. The average molecular weight is 193 g/mol. The maximum Gasteiger partial charge on any atom is 0.149 e. The first-order valence-electron chi connectivity index (χ1n) is 3.06. The van der Waals surface area contributed by atoms with Crippen molar-refractivity contribution in [1.29, 1.82) is 0 Å². The van der Waals surface area contributed by atoms with Gasteiger partial charge in [0, 0.05) is 6.42 Å². The van der Waals surface area contributed by atoms with E-state index in [2.05, 4.69) is 15.9 Å². The number of hydrogen-bond acceptors (Lipinski definition) is 2. The van der Waals surface area contributed by atoms with E-state index in [9.17, 15) is 4.79 Å². The molecule has 0 unspecified atom stereocenters. The summed E-state index contributed by atoms with van der Waals surface area (Å²) in [5.41, 5.74) is 0. The van der Waals surface area contributed by atoms with Gasteiger partial charge < -0.3 is 5.11 Å². The first-order valence-corrected chi connectivity index (χ1v) is 3.98. The molecule has 0 aromatic carbocycles. The molecule has 52 valence electrons. The molecule has 3 heteroatoms. The number of aliphatic hydroxyl groups excluding tert-OH is 1. The molecule has 0 bridgehead atoms. The van der Waals surface area contributed by atoms with Gasteiger partial charge in [0.25, 0.3) is 0 Å². The number of alkyl halides is 1. The minimum Gasteiger partial charge on any atom is -0.391 e. The Labute approximate surface area is 62.4 Å². The maximum absolute atomic E-state index is 10.8. The third-order valence-electron chi connectivity index (χ3n) is 1.57. The molecule has 1 aliphatic carbocycles. The van der Waals surface area contributed by atoms with E-state index in [0.717, 1.165) is 12.8 Å². The highest BCUT2D eigenvalue weighted by molar-refractivity contribution is 9.10. The Morgan fingerprint density at radius 1 is 1.67 bits per heavy atom. The van der Waals surface area contributed by atoms with Gasteiger partial charge in [-0.3, -0.25) is 4.79 Å². The van der Waals surface area contributed by atoms with Gasteiger partial charge in [-0.2, -0.15) is 0 Å². The van der Waals surface area contributed by atoms with Crippen molar-refractivity contribution in [2.45, 2.75) is 30.2 Å². The van der Waals surface area contributed by atoms with Crippen LogP contribution >= 0.6 is 15.9 Å². The van der Waals surface area contributed by atoms with Crippen LogP contribution in [0.1, 0.15) is 19.3 Å². The summed E-state index contributed by atoms with van der Waals surface area (Å²) in [6.45, 7) is 0. The summed E-state index contributed by atoms with van der Waals surface area (Å²) in [6.07, 6.45) is 1.75. The van der Waals surface area contributed by atoms with Gasteiger partial charge in [-0.25, -0.2) is 0 Å². The van der Waals surface area contributed by atoms with E-state index in [0.29, 0.717) is 6.42 Å². The summed E-state index contributed by atoms with van der Waals surface area (Å²) in [4.78, 5) is 10.5. The largest absolute Gasteiger partial charge is 0.391 e. The Balaban J connectivity index is 2.51. The normalized spacial score (nSPS) is 36.9. The number of rotatable bonds is 0. The molecule has 0 aromatic rings. The molecular weight excluding hydrogens is 184 g/mol. The summed E-state index contributed by atoms with van der Waals surface area (Å²) >= 11 is 3.12. The van der Waals surface area contributed by atoms with Crippen LogP contribution in [0.3, 0.4) is 0 Å². The summed E-state index contributed by atoms with van der Waals surface area (Å²) < 4.78 is 0. The van der Waals surface area contributed by atoms with E-state index in [1.807, 2.05) is 0 Å². The van der Waals surface area contributed by atoms with Crippen LogP contribution in [0, 0.1) is 0 Å². The lowest BCUT2D eigenvalue weighted by atomic mass is 9.97. The van der Waals surface area contributed by atoms with E-state index in [4.69, 9.17) is 5.11 Å². The Kier molecular flexibility index (Phi) is 2.24. The third kappa shape index (κ3) is 1.52. The average Bonchev–Trinajstić information content (AvgIpc) is 1.83. The van der Waals surface area contributed by atoms with Crippen molar-refractivity contribution in [3.63, 3.8) is 0 Å². The number of carbonyl (C=O) groups excluding carboxylic acids is 1. The molecule has 0 radical (unpaired) electrons. The van der Waals surface area contributed by atoms with Crippen LogP contribution in [-0.2, 0) is 4.79 Å². The minimum atomic E-state index is -0.453. The van der Waals surface area contributed by atoms with E-state index >= 15 is 0 Å². The fraction of sp³-hybridized carbons (Fsp3) is 0.833. The van der Waals surface area contributed by atoms with E-state index < -0.39 is 6.10 Å². The van der Waals surface area contributed by atoms with Crippen LogP contribution in [0.25, 0.3) is 0 Å². The molecule has 0 aliphatic heterocycles. The lowest BCUT2D eigenvalue weighted by Gasteiger charge is -2.20. The van der Waals surface area contributed by atoms with Gasteiger partial charge in [0.2, 0.25) is 0 Å². The summed E-state index contributed by atoms with van der Waals surface area (Å²) in [5.74, 6) is 0.133. The second-order valence-electron chi connectivity index (χ2n) is 2.33. The van der Waals surface area contributed by atoms with Gasteiger partial charge in [0.1, 0.15) is 5.78 Å². The first kappa shape index (κ1) is 7.22. The second kappa shape index (κ2) is 2.80. The number of hydrogen-bond donors (Lipinski definition) is 1. The third-order valence-corrected chi connectivity index (χ3v) is 2.69. The highest BCUT2D eigenvalue weighted by Gasteiger charge is 2.27. The molecule has 0 spiro atoms. The van der Waals surface area contributed by atoms with Gasteiger partial charge in [-0.1, -0.05) is 15.9 Å². The van der Waals surface area contributed by atoms with Crippen LogP contribution in [0.15, 0.2) is 0 Å². The number of ketones is 1. The highest BCUT2D eigenvalue weighted by atomic mass is 79.9. The van der Waals surface area contributed by atoms with Crippen molar-refractivity contribution in [3.05, 3.63) is 0 Å². The topological polar surface area (TPSA) is 37.3 Å². The van der Waals surface area contributed by atoms with Gasteiger partial charge in [-0.15, -0.1) is 0 Å². The maximum atomic E-state index is 10.8. The van der Waals surface area contributed by atoms with Crippen LogP contribution in [0.5, 0.6) is 0 Å². The highest BCUT2D eigenvalue weighted by Crippen LogP contribution is 2.20. The summed E-state index contributed by atoms with van der Waals surface area (Å²) in [5, 5.41) is 9.08. The fourth-order valence-corrected chi connectivity index (χ4v) is 1.48. The molecule has 1 aliphatic rings. The van der Waals surface area contributed by atoms with E-state index in [1.54, 1.807) is 0 Å². The minimum absolute atomic E-state index is 0.133. The number of halogens is 1. The smallest absolute Gasteiger partial charge is 0.149 e. The Hall–Kier alpha value is 0.110. The van der Waals surface area contributed by atoms with Gasteiger partial charge in [0.05, 0.1) is 10.9 Å². The first-order chi connectivity index (χ1) is 4.22. The predicted molar refractivity (Wildman–Crippen MR) is 37.6 cm³/mol. The molecule has 1 N–H and O–H groups in total. The molecule has 2 nitrogen and oxygen atoms in total. The van der Waals surface area contributed by atoms with Crippen LogP contribution in [0.2, 0.25) is 0 Å². The molecule has 1 fully saturated rings. The number of Topliss-reactive ketones (excluding diaryl/α,β-unsaturated/α-hetero) is 1. The molecule has 0 amide bonds. The standard InChI is InChI=1S/C6H9BrO2/c7-6-4(8)2-1-3-5(6)9/h4,6,8H,1-3H2/t4-,6+/m0/s1. The van der Waals surface area contributed by atoms with Crippen molar-refractivity contribution in [3.8, 4) is 0 Å². The second-order valence-corrected chi connectivity index (χ2v) is 3.31. The summed E-state index contributed by atoms with van der Waals surface area (Å²) in [6, 6.07) is 0. The van der Waals surface area contributed by atoms with E-state index in [1.165, 1.54) is 0 Å². The van der Waals surface area contributed by atoms with Crippen molar-refractivity contribution in [1.82, 2.24) is 0 Å². The fourth-order valence-electron chi connectivity index (χ4n) is 0.984. The molecular formula is C6H9BrO2. The van der Waals surface area contributed by atoms with E-state index in [-0.39, 0.29) is 10.6 Å². The number of aliphatic hydroxyl groups is 1. The lowest BCUT2D eigenvalue weighted by molar-refractivity contribution is -0.121. The lowest BCUT2D eigenvalue weighted by Crippen LogP contribution is -2.32. The molecule has 0 heterocycles. The van der Waals surface area contributed by atoms with Crippen molar-refractivity contribution >= 4 is 21.7 Å². The van der Waals surface area contributed by atoms with Crippen molar-refractivity contribution < 1.29 is 9.90 Å². The van der Waals surface area contributed by atoms with Crippen molar-refractivity contribution in [2.24, 2.45) is 0 Å². The SMILES string of the molecule is O=C1CCC[C@H](O)[C@H]1Br. The number of carbonyl (C=O) groups is 1. The Morgan fingerprint density at radius 3 is 2.78 bits per heavy atom. The quantitative estimate of drug-likeness (QED) is 0.579. The molecule has 1 saturated carbocycles. The molecule has 0 aromatic heterocycles. The van der Waals surface area contributed by atoms with Gasteiger partial charge >= 0.3 is 0 Å². The molecule has 9 heavy (non-hydrogen) atoms. The monoisotopic (exact) mass is 192 g/mol. The van der Waals surface area contributed by atoms with Crippen LogP contribution in [-0.4, -0.2) is 21.8 Å². The van der Waals surface area contributed by atoms with Gasteiger partial charge in [-0.05, 0) is 12.8 Å². The Morgan fingerprint density at radius 2 is 2.33 bits per heavy atom. The van der Waals surface area contributed by atoms with Crippen molar-refractivity contribution in [2.75, 3.05) is 0 Å². The predicted octanol–water partition coefficient (Wildman–Crippen LogP) is 0.864. The van der Waals surface area contributed by atoms with Gasteiger partial charge in [0.15, 0.2) is 0 Å². The Bertz CT molecular complexity index is 124. The molecule has 1 rings (SSSR count). The molecule has 0 saturated heterocycles.